The standard InChI is InChI=1S/C19H19BrN6O/c20-14-5-6-16-15(10-14)17(27)22-18-25(12-13-4-3-7-21-11-13)23-19(26(16)18)24-8-1-2-9-24/h3-7,10-11,18H,1-2,8-9,12H2,(H,22,27). The van der Waals surface area contributed by atoms with Crippen LogP contribution in [0.4, 0.5) is 5.69 Å². The van der Waals surface area contributed by atoms with Crippen molar-refractivity contribution in [2.45, 2.75) is 25.7 Å². The Hall–Kier alpha value is -2.61. The first-order chi connectivity index (χ1) is 13.2. The number of anilines is 1. The van der Waals surface area contributed by atoms with Gasteiger partial charge in [0.15, 0.2) is 0 Å². The molecular weight excluding hydrogens is 408 g/mol. The van der Waals surface area contributed by atoms with Crippen molar-refractivity contribution in [1.82, 2.24) is 20.2 Å². The van der Waals surface area contributed by atoms with Crippen molar-refractivity contribution in [3.63, 3.8) is 0 Å². The van der Waals surface area contributed by atoms with E-state index in [4.69, 9.17) is 5.10 Å². The maximum atomic E-state index is 12.7. The average molecular weight is 427 g/mol. The Morgan fingerprint density at radius 3 is 2.85 bits per heavy atom. The van der Waals surface area contributed by atoms with Gasteiger partial charge in [-0.1, -0.05) is 22.0 Å². The van der Waals surface area contributed by atoms with Gasteiger partial charge in [-0.25, -0.2) is 5.01 Å². The van der Waals surface area contributed by atoms with E-state index in [1.807, 2.05) is 41.5 Å². The molecule has 8 heteroatoms. The summed E-state index contributed by atoms with van der Waals surface area (Å²) in [6, 6.07) is 9.77. The number of likely N-dealkylation sites (tertiary alicyclic amines) is 1. The van der Waals surface area contributed by atoms with Crippen LogP contribution in [0.25, 0.3) is 0 Å². The zero-order valence-corrected chi connectivity index (χ0v) is 16.3. The number of guanidine groups is 1. The number of carbonyl (C=O) groups is 1. The Morgan fingerprint density at radius 1 is 1.22 bits per heavy atom. The van der Waals surface area contributed by atoms with Crippen LogP contribution in [0.5, 0.6) is 0 Å². The third-order valence-electron chi connectivity index (χ3n) is 5.14. The largest absolute Gasteiger partial charge is 0.341 e. The molecule has 0 bridgehead atoms. The molecule has 1 amide bonds. The number of amides is 1. The van der Waals surface area contributed by atoms with Gasteiger partial charge in [0.1, 0.15) is 0 Å². The first-order valence-corrected chi connectivity index (χ1v) is 9.89. The number of nitrogens with zero attached hydrogens (tertiary/aromatic N) is 5. The summed E-state index contributed by atoms with van der Waals surface area (Å²) in [5.41, 5.74) is 2.61. The molecule has 1 aromatic heterocycles. The maximum absolute atomic E-state index is 12.7. The lowest BCUT2D eigenvalue weighted by Gasteiger charge is -2.38. The predicted octanol–water partition coefficient (Wildman–Crippen LogP) is 2.56. The fourth-order valence-electron chi connectivity index (χ4n) is 3.87. The summed E-state index contributed by atoms with van der Waals surface area (Å²) in [5.74, 6) is 0.826. The Kier molecular flexibility index (Phi) is 4.00. The number of hydrogen-bond donors (Lipinski definition) is 1. The van der Waals surface area contributed by atoms with E-state index in [0.29, 0.717) is 12.1 Å². The highest BCUT2D eigenvalue weighted by Gasteiger charge is 2.44. The molecule has 1 atom stereocenters. The lowest BCUT2D eigenvalue weighted by atomic mass is 10.1. The number of nitrogens with one attached hydrogen (secondary N) is 1. The molecule has 4 heterocycles. The van der Waals surface area contributed by atoms with E-state index < -0.39 is 0 Å². The van der Waals surface area contributed by atoms with Gasteiger partial charge in [0.05, 0.1) is 17.8 Å². The molecule has 3 aliphatic heterocycles. The summed E-state index contributed by atoms with van der Waals surface area (Å²) in [4.78, 5) is 21.4. The van der Waals surface area contributed by atoms with Crippen LogP contribution in [0.15, 0.2) is 52.3 Å². The molecule has 2 aromatic rings. The van der Waals surface area contributed by atoms with Gasteiger partial charge in [-0.2, -0.15) is 0 Å². The van der Waals surface area contributed by atoms with Crippen molar-refractivity contribution in [1.29, 1.82) is 0 Å². The van der Waals surface area contributed by atoms with E-state index in [9.17, 15) is 4.79 Å². The molecule has 7 nitrogen and oxygen atoms in total. The van der Waals surface area contributed by atoms with Gasteiger partial charge in [0, 0.05) is 30.0 Å². The van der Waals surface area contributed by atoms with Gasteiger partial charge in [-0.05, 0) is 42.7 Å². The van der Waals surface area contributed by atoms with Crippen LogP contribution >= 0.6 is 15.9 Å². The van der Waals surface area contributed by atoms with Gasteiger partial charge >= 0.3 is 0 Å². The first kappa shape index (κ1) is 16.6. The fourth-order valence-corrected chi connectivity index (χ4v) is 4.23. The minimum absolute atomic E-state index is 0.0818. The lowest BCUT2D eigenvalue weighted by Crippen LogP contribution is -2.59. The van der Waals surface area contributed by atoms with E-state index in [0.717, 1.165) is 34.8 Å². The summed E-state index contributed by atoms with van der Waals surface area (Å²) in [7, 11) is 0. The van der Waals surface area contributed by atoms with E-state index in [1.165, 1.54) is 12.8 Å². The van der Waals surface area contributed by atoms with Crippen LogP contribution in [-0.4, -0.2) is 46.1 Å². The molecule has 0 aliphatic carbocycles. The molecule has 138 valence electrons. The Labute approximate surface area is 165 Å². The zero-order valence-electron chi connectivity index (χ0n) is 14.7. The van der Waals surface area contributed by atoms with Crippen molar-refractivity contribution in [2.24, 2.45) is 5.10 Å². The minimum Gasteiger partial charge on any atom is -0.341 e. The van der Waals surface area contributed by atoms with Crippen molar-refractivity contribution in [3.05, 3.63) is 58.3 Å². The minimum atomic E-state index is -0.331. The second-order valence-corrected chi connectivity index (χ2v) is 7.85. The Bertz CT molecular complexity index is 912. The predicted molar refractivity (Wildman–Crippen MR) is 106 cm³/mol. The molecule has 0 radical (unpaired) electrons. The molecule has 0 saturated carbocycles. The third kappa shape index (κ3) is 2.84. The molecule has 1 aromatic carbocycles. The van der Waals surface area contributed by atoms with Gasteiger partial charge in [0.2, 0.25) is 12.2 Å². The number of rotatable bonds is 2. The van der Waals surface area contributed by atoms with Crippen molar-refractivity contribution < 1.29 is 4.79 Å². The first-order valence-electron chi connectivity index (χ1n) is 9.09. The van der Waals surface area contributed by atoms with E-state index in [1.54, 1.807) is 6.20 Å². The SMILES string of the molecule is O=C1NC2N(Cc3cccnc3)N=C(N3CCCC3)N2c2ccc(Br)cc21. The highest BCUT2D eigenvalue weighted by atomic mass is 79.9. The molecule has 1 saturated heterocycles. The molecule has 1 N–H and O–H groups in total. The lowest BCUT2D eigenvalue weighted by molar-refractivity contribution is 0.0852. The number of aromatic nitrogens is 1. The highest BCUT2D eigenvalue weighted by Crippen LogP contribution is 2.35. The Balaban J connectivity index is 1.56. The maximum Gasteiger partial charge on any atom is 0.256 e. The fraction of sp³-hybridized carbons (Fsp3) is 0.316. The van der Waals surface area contributed by atoms with Crippen molar-refractivity contribution in [2.75, 3.05) is 18.0 Å². The molecule has 0 spiro atoms. The van der Waals surface area contributed by atoms with Gasteiger partial charge in [-0.3, -0.25) is 14.7 Å². The molecule has 1 fully saturated rings. The number of benzene rings is 1. The van der Waals surface area contributed by atoms with Crippen LogP contribution < -0.4 is 10.2 Å². The summed E-state index contributed by atoms with van der Waals surface area (Å²) in [6.07, 6.45) is 5.60. The summed E-state index contributed by atoms with van der Waals surface area (Å²) >= 11 is 3.47. The number of fused-ring (bicyclic) bond motifs is 3. The van der Waals surface area contributed by atoms with Gasteiger partial charge in [-0.15, -0.1) is 5.10 Å². The number of pyridine rings is 1. The van der Waals surface area contributed by atoms with Gasteiger partial charge in [0.25, 0.3) is 5.91 Å². The normalized spacial score (nSPS) is 21.1. The molecule has 1 unspecified atom stereocenters. The van der Waals surface area contributed by atoms with Crippen LogP contribution in [0, 0.1) is 0 Å². The monoisotopic (exact) mass is 426 g/mol. The molecule has 27 heavy (non-hydrogen) atoms. The van der Waals surface area contributed by atoms with Crippen LogP contribution in [0.1, 0.15) is 28.8 Å². The summed E-state index contributed by atoms with van der Waals surface area (Å²) in [6.45, 7) is 2.56. The second kappa shape index (κ2) is 6.53. The summed E-state index contributed by atoms with van der Waals surface area (Å²) in [5, 5.41) is 9.97. The summed E-state index contributed by atoms with van der Waals surface area (Å²) < 4.78 is 0.890. The number of hydrogen-bond acceptors (Lipinski definition) is 6. The quantitative estimate of drug-likeness (QED) is 0.799. The van der Waals surface area contributed by atoms with E-state index >= 15 is 0 Å². The van der Waals surface area contributed by atoms with E-state index in [-0.39, 0.29) is 12.2 Å². The zero-order chi connectivity index (χ0) is 18.4. The smallest absolute Gasteiger partial charge is 0.256 e. The average Bonchev–Trinajstić information content (AvgIpc) is 3.32. The highest BCUT2D eigenvalue weighted by molar-refractivity contribution is 9.10. The number of halogens is 1. The van der Waals surface area contributed by atoms with Crippen LogP contribution in [-0.2, 0) is 6.54 Å². The molecule has 3 aliphatic rings. The van der Waals surface area contributed by atoms with Crippen molar-refractivity contribution in [3.8, 4) is 0 Å². The Morgan fingerprint density at radius 2 is 2.07 bits per heavy atom. The molecule has 5 rings (SSSR count). The van der Waals surface area contributed by atoms with Crippen LogP contribution in [0.2, 0.25) is 0 Å². The molecular formula is C19H19BrN6O. The van der Waals surface area contributed by atoms with E-state index in [2.05, 4.69) is 36.0 Å². The van der Waals surface area contributed by atoms with Crippen LogP contribution in [0.3, 0.4) is 0 Å². The van der Waals surface area contributed by atoms with Gasteiger partial charge < -0.3 is 10.2 Å². The number of hydrazone groups is 1. The van der Waals surface area contributed by atoms with Crippen molar-refractivity contribution >= 4 is 33.5 Å². The second-order valence-electron chi connectivity index (χ2n) is 6.93. The number of carbonyl (C=O) groups excluding carboxylic acids is 1. The third-order valence-corrected chi connectivity index (χ3v) is 5.63. The topological polar surface area (TPSA) is 64.1 Å².